The van der Waals surface area contributed by atoms with Crippen LogP contribution in [0.3, 0.4) is 0 Å². The SMILES string of the molecule is O=C([O-])c1c2c(nc3ccc(S(=O)(=O)N4CCC(C(=O)NCc5ccc(Cl)cc5)CC4)cc13)CCCC2. The first-order valence-electron chi connectivity index (χ1n) is 12.4. The fraction of sp³-hybridized carbons (Fsp3) is 0.370. The number of carbonyl (C=O) groups excluding carboxylic acids is 2. The van der Waals surface area contributed by atoms with Crippen LogP contribution in [0.2, 0.25) is 5.02 Å². The Kier molecular flexibility index (Phi) is 7.20. The van der Waals surface area contributed by atoms with Gasteiger partial charge in [0.2, 0.25) is 15.9 Å². The number of nitrogens with zero attached hydrogens (tertiary/aromatic N) is 2. The third-order valence-electron chi connectivity index (χ3n) is 7.28. The molecule has 1 N–H and O–H groups in total. The van der Waals surface area contributed by atoms with Gasteiger partial charge in [0.05, 0.1) is 16.4 Å². The highest BCUT2D eigenvalue weighted by Crippen LogP contribution is 2.32. The molecule has 2 aliphatic rings. The zero-order valence-corrected chi connectivity index (χ0v) is 21.8. The van der Waals surface area contributed by atoms with E-state index in [9.17, 15) is 23.1 Å². The fourth-order valence-corrected chi connectivity index (χ4v) is 6.86. The fourth-order valence-electron chi connectivity index (χ4n) is 5.24. The van der Waals surface area contributed by atoms with Gasteiger partial charge in [-0.1, -0.05) is 23.7 Å². The molecule has 1 saturated heterocycles. The van der Waals surface area contributed by atoms with Gasteiger partial charge in [-0.2, -0.15) is 4.31 Å². The minimum atomic E-state index is -3.88. The second-order valence-corrected chi connectivity index (χ2v) is 12.0. The molecule has 2 heterocycles. The van der Waals surface area contributed by atoms with Crippen molar-refractivity contribution in [3.05, 3.63) is 69.9 Å². The Balaban J connectivity index is 1.31. The maximum Gasteiger partial charge on any atom is 0.243 e. The highest BCUT2D eigenvalue weighted by atomic mass is 35.5. The van der Waals surface area contributed by atoms with Crippen molar-refractivity contribution in [3.8, 4) is 0 Å². The third kappa shape index (κ3) is 5.21. The van der Waals surface area contributed by atoms with Gasteiger partial charge >= 0.3 is 0 Å². The lowest BCUT2D eigenvalue weighted by molar-refractivity contribution is -0.254. The normalized spacial score (nSPS) is 16.9. The standard InChI is InChI=1S/C27H28ClN3O5S/c28-19-7-5-17(6-8-19)16-29-26(32)18-11-13-31(14-12-18)37(35,36)20-9-10-24-22(15-20)25(27(33)34)21-3-1-2-4-23(21)30-24/h5-10,15,18H,1-4,11-14,16H2,(H,29,32)(H,33,34)/p-1. The number of hydrogen-bond donors (Lipinski definition) is 1. The first-order chi connectivity index (χ1) is 17.7. The number of carbonyl (C=O) groups is 2. The number of nitrogens with one attached hydrogen (secondary N) is 1. The van der Waals surface area contributed by atoms with Crippen molar-refractivity contribution < 1.29 is 23.1 Å². The average molecular weight is 541 g/mol. The van der Waals surface area contributed by atoms with E-state index in [1.165, 1.54) is 16.4 Å². The average Bonchev–Trinajstić information content (AvgIpc) is 2.90. The molecule has 0 spiro atoms. The summed E-state index contributed by atoms with van der Waals surface area (Å²) >= 11 is 5.90. The second kappa shape index (κ2) is 10.4. The van der Waals surface area contributed by atoms with Crippen LogP contribution in [0.15, 0.2) is 47.4 Å². The van der Waals surface area contributed by atoms with Gasteiger partial charge in [0, 0.05) is 47.2 Å². The maximum atomic E-state index is 13.4. The van der Waals surface area contributed by atoms with Gasteiger partial charge in [0.1, 0.15) is 0 Å². The Hall–Kier alpha value is -3.01. The molecule has 1 fully saturated rings. The lowest BCUT2D eigenvalue weighted by atomic mass is 9.90. The molecule has 10 heteroatoms. The van der Waals surface area contributed by atoms with Crippen LogP contribution in [-0.2, 0) is 34.2 Å². The molecule has 1 amide bonds. The molecule has 3 aromatic rings. The number of pyridine rings is 1. The Bertz CT molecular complexity index is 1470. The number of piperidine rings is 1. The number of sulfonamides is 1. The van der Waals surface area contributed by atoms with Gasteiger partial charge < -0.3 is 15.2 Å². The van der Waals surface area contributed by atoms with E-state index in [-0.39, 0.29) is 40.8 Å². The summed E-state index contributed by atoms with van der Waals surface area (Å²) in [5.41, 5.74) is 2.84. The molecular formula is C27H27ClN3O5S-. The van der Waals surface area contributed by atoms with Crippen molar-refractivity contribution in [2.75, 3.05) is 13.1 Å². The minimum absolute atomic E-state index is 0.0192. The molecule has 1 aliphatic carbocycles. The van der Waals surface area contributed by atoms with Crippen molar-refractivity contribution in [3.63, 3.8) is 0 Å². The number of aryl methyl sites for hydroxylation is 1. The molecule has 0 bridgehead atoms. The molecule has 37 heavy (non-hydrogen) atoms. The number of aromatic carboxylic acids is 1. The summed E-state index contributed by atoms with van der Waals surface area (Å²) < 4.78 is 28.3. The number of halogens is 1. The number of carboxylic acid groups (broad SMARTS) is 1. The van der Waals surface area contributed by atoms with Crippen LogP contribution in [0, 0.1) is 5.92 Å². The number of rotatable bonds is 6. The smallest absolute Gasteiger partial charge is 0.243 e. The van der Waals surface area contributed by atoms with Gasteiger partial charge in [-0.15, -0.1) is 0 Å². The Morgan fingerprint density at radius 1 is 1.05 bits per heavy atom. The van der Waals surface area contributed by atoms with Crippen molar-refractivity contribution in [1.29, 1.82) is 0 Å². The van der Waals surface area contributed by atoms with E-state index >= 15 is 0 Å². The Morgan fingerprint density at radius 2 is 1.76 bits per heavy atom. The minimum Gasteiger partial charge on any atom is -0.545 e. The van der Waals surface area contributed by atoms with Crippen LogP contribution in [0.5, 0.6) is 0 Å². The Labute approximate surface area is 220 Å². The molecule has 5 rings (SSSR count). The number of benzene rings is 2. The number of amides is 1. The zero-order valence-electron chi connectivity index (χ0n) is 20.2. The van der Waals surface area contributed by atoms with Gasteiger partial charge in [0.15, 0.2) is 0 Å². The largest absolute Gasteiger partial charge is 0.545 e. The van der Waals surface area contributed by atoms with Crippen molar-refractivity contribution >= 4 is 44.4 Å². The van der Waals surface area contributed by atoms with Gasteiger partial charge in [0.25, 0.3) is 0 Å². The summed E-state index contributed by atoms with van der Waals surface area (Å²) in [6.45, 7) is 0.786. The predicted octanol–water partition coefficient (Wildman–Crippen LogP) is 2.85. The Morgan fingerprint density at radius 3 is 2.46 bits per heavy atom. The molecule has 0 unspecified atom stereocenters. The molecule has 0 saturated carbocycles. The second-order valence-electron chi connectivity index (χ2n) is 9.61. The van der Waals surface area contributed by atoms with E-state index in [0.29, 0.717) is 48.3 Å². The molecule has 8 nitrogen and oxygen atoms in total. The van der Waals surface area contributed by atoms with E-state index in [0.717, 1.165) is 24.1 Å². The monoisotopic (exact) mass is 540 g/mol. The van der Waals surface area contributed by atoms with E-state index in [4.69, 9.17) is 11.6 Å². The highest BCUT2D eigenvalue weighted by Gasteiger charge is 2.32. The first kappa shape index (κ1) is 25.6. The van der Waals surface area contributed by atoms with Crippen molar-refractivity contribution in [2.24, 2.45) is 5.92 Å². The summed E-state index contributed by atoms with van der Waals surface area (Å²) in [6, 6.07) is 11.7. The quantitative estimate of drug-likeness (QED) is 0.513. The highest BCUT2D eigenvalue weighted by molar-refractivity contribution is 7.89. The lowest BCUT2D eigenvalue weighted by Gasteiger charge is -2.30. The molecule has 0 radical (unpaired) electrons. The summed E-state index contributed by atoms with van der Waals surface area (Å²) in [5.74, 6) is -1.70. The molecule has 2 aromatic carbocycles. The zero-order chi connectivity index (χ0) is 26.2. The molecule has 194 valence electrons. The van der Waals surface area contributed by atoms with E-state index in [2.05, 4.69) is 10.3 Å². The number of fused-ring (bicyclic) bond motifs is 2. The van der Waals surface area contributed by atoms with E-state index < -0.39 is 16.0 Å². The first-order valence-corrected chi connectivity index (χ1v) is 14.2. The van der Waals surface area contributed by atoms with E-state index in [1.54, 1.807) is 18.2 Å². The van der Waals surface area contributed by atoms with Crippen LogP contribution in [-0.4, -0.2) is 42.7 Å². The molecule has 1 aromatic heterocycles. The molecular weight excluding hydrogens is 514 g/mol. The van der Waals surface area contributed by atoms with E-state index in [1.807, 2.05) is 12.1 Å². The number of carboxylic acids is 1. The number of aromatic nitrogens is 1. The summed E-state index contributed by atoms with van der Waals surface area (Å²) in [4.78, 5) is 29.4. The summed E-state index contributed by atoms with van der Waals surface area (Å²) in [5, 5.41) is 15.9. The van der Waals surface area contributed by atoms with Crippen molar-refractivity contribution in [2.45, 2.75) is 50.0 Å². The predicted molar refractivity (Wildman–Crippen MR) is 137 cm³/mol. The summed E-state index contributed by atoms with van der Waals surface area (Å²) in [6.07, 6.45) is 3.90. The third-order valence-corrected chi connectivity index (χ3v) is 9.43. The van der Waals surface area contributed by atoms with Crippen LogP contribution < -0.4 is 10.4 Å². The van der Waals surface area contributed by atoms with Crippen LogP contribution >= 0.6 is 11.6 Å². The van der Waals surface area contributed by atoms with Crippen LogP contribution in [0.1, 0.15) is 52.9 Å². The van der Waals surface area contributed by atoms with Crippen LogP contribution in [0.25, 0.3) is 10.9 Å². The van der Waals surface area contributed by atoms with Crippen molar-refractivity contribution in [1.82, 2.24) is 14.6 Å². The van der Waals surface area contributed by atoms with Gasteiger partial charge in [-0.05, 0) is 80.0 Å². The molecule has 0 atom stereocenters. The summed E-state index contributed by atoms with van der Waals surface area (Å²) in [7, 11) is -3.88. The number of hydrogen-bond acceptors (Lipinski definition) is 6. The van der Waals surface area contributed by atoms with Gasteiger partial charge in [-0.3, -0.25) is 9.78 Å². The topological polar surface area (TPSA) is 120 Å². The molecule has 1 aliphatic heterocycles. The lowest BCUT2D eigenvalue weighted by Crippen LogP contribution is -2.42. The van der Waals surface area contributed by atoms with Gasteiger partial charge in [-0.25, -0.2) is 8.42 Å². The maximum absolute atomic E-state index is 13.4. The van der Waals surface area contributed by atoms with Crippen LogP contribution in [0.4, 0.5) is 0 Å².